The van der Waals surface area contributed by atoms with Crippen molar-refractivity contribution in [3.8, 4) is 0 Å². The molecule has 2 saturated carbocycles. The van der Waals surface area contributed by atoms with E-state index in [0.29, 0.717) is 18.4 Å². The molecule has 1 aromatic rings. The van der Waals surface area contributed by atoms with Gasteiger partial charge in [-0.3, -0.25) is 0 Å². The third-order valence-electron chi connectivity index (χ3n) is 6.28. The van der Waals surface area contributed by atoms with Crippen LogP contribution in [0.1, 0.15) is 56.9 Å². The van der Waals surface area contributed by atoms with Crippen LogP contribution in [0, 0.1) is 11.7 Å². The van der Waals surface area contributed by atoms with Crippen LogP contribution in [0.3, 0.4) is 0 Å². The van der Waals surface area contributed by atoms with E-state index in [4.69, 9.17) is 0 Å². The fourth-order valence-corrected chi connectivity index (χ4v) is 4.64. The minimum atomic E-state index is -5.17. The van der Waals surface area contributed by atoms with Gasteiger partial charge in [0.25, 0.3) is 0 Å². The normalized spacial score (nSPS) is 26.2. The van der Waals surface area contributed by atoms with Crippen molar-refractivity contribution in [2.75, 3.05) is 0 Å². The smallest absolute Gasteiger partial charge is 0.331 e. The van der Waals surface area contributed by atoms with Crippen molar-refractivity contribution in [2.45, 2.75) is 82.1 Å². The summed E-state index contributed by atoms with van der Waals surface area (Å²) in [5, 5.41) is 6.24. The van der Waals surface area contributed by atoms with Crippen molar-refractivity contribution in [3.63, 3.8) is 0 Å². The van der Waals surface area contributed by atoms with Gasteiger partial charge in [-0.25, -0.2) is 14.0 Å². The van der Waals surface area contributed by atoms with E-state index in [1.54, 1.807) is 0 Å². The Kier molecular flexibility index (Phi) is 8.33. The van der Waals surface area contributed by atoms with E-state index >= 15 is 0 Å². The first-order valence-corrected chi connectivity index (χ1v) is 11.1. The first-order chi connectivity index (χ1) is 15.2. The standard InChI is InChI=1S/C22H29F4N3O3/c23-16-9-5-14(6-10-16)13-15-7-11-17(12-8-15)27-18-3-1-2-4-19(18)28-21(31)29-32-20(30)22(24,25)26/h5-6,9-10,15,17-19,27H,1-4,7-8,11-13H2,(H2,28,29,31)/t15?,17?,18-,19-/m1/s1. The number of rotatable bonds is 5. The van der Waals surface area contributed by atoms with Gasteiger partial charge in [-0.05, 0) is 68.6 Å². The van der Waals surface area contributed by atoms with Crippen LogP contribution in [-0.4, -0.2) is 36.3 Å². The number of carbonyl (C=O) groups excluding carboxylic acids is 2. The summed E-state index contributed by atoms with van der Waals surface area (Å²) in [5.74, 6) is -2.15. The zero-order valence-corrected chi connectivity index (χ0v) is 17.7. The Morgan fingerprint density at radius 1 is 0.938 bits per heavy atom. The summed E-state index contributed by atoms with van der Waals surface area (Å²) in [7, 11) is 0. The Bertz CT molecular complexity index is 765. The predicted octanol–water partition coefficient (Wildman–Crippen LogP) is 4.15. The number of alkyl halides is 3. The molecule has 2 atom stereocenters. The van der Waals surface area contributed by atoms with Gasteiger partial charge in [-0.15, -0.1) is 0 Å². The van der Waals surface area contributed by atoms with E-state index in [2.05, 4.69) is 15.5 Å². The largest absolute Gasteiger partial charge is 0.493 e. The summed E-state index contributed by atoms with van der Waals surface area (Å²) in [5.41, 5.74) is 2.66. The highest BCUT2D eigenvalue weighted by molar-refractivity contribution is 5.79. The van der Waals surface area contributed by atoms with Gasteiger partial charge in [-0.1, -0.05) is 25.0 Å². The quantitative estimate of drug-likeness (QED) is 0.457. The zero-order valence-electron chi connectivity index (χ0n) is 17.7. The molecular weight excluding hydrogens is 430 g/mol. The van der Waals surface area contributed by atoms with Gasteiger partial charge in [0.15, 0.2) is 0 Å². The second-order valence-corrected chi connectivity index (χ2v) is 8.68. The summed E-state index contributed by atoms with van der Waals surface area (Å²) in [6, 6.07) is 5.71. The van der Waals surface area contributed by atoms with Crippen molar-refractivity contribution in [1.82, 2.24) is 16.1 Å². The lowest BCUT2D eigenvalue weighted by Gasteiger charge is -2.38. The van der Waals surface area contributed by atoms with Gasteiger partial charge in [0.1, 0.15) is 5.82 Å². The molecule has 0 radical (unpaired) electrons. The van der Waals surface area contributed by atoms with E-state index in [1.807, 2.05) is 12.1 Å². The summed E-state index contributed by atoms with van der Waals surface area (Å²) in [6.45, 7) is 0. The highest BCUT2D eigenvalue weighted by Crippen LogP contribution is 2.29. The summed E-state index contributed by atoms with van der Waals surface area (Å²) < 4.78 is 49.6. The number of benzene rings is 1. The first-order valence-electron chi connectivity index (χ1n) is 11.1. The molecular formula is C22H29F4N3O3. The minimum absolute atomic E-state index is 0.00599. The van der Waals surface area contributed by atoms with E-state index < -0.39 is 18.2 Å². The number of carbonyl (C=O) groups is 2. The van der Waals surface area contributed by atoms with Crippen molar-refractivity contribution in [3.05, 3.63) is 35.6 Å². The van der Waals surface area contributed by atoms with Crippen molar-refractivity contribution < 1.29 is 32.0 Å². The van der Waals surface area contributed by atoms with Gasteiger partial charge in [-0.2, -0.15) is 18.7 Å². The molecule has 1 aromatic carbocycles. The fourth-order valence-electron chi connectivity index (χ4n) is 4.64. The maximum Gasteiger partial charge on any atom is 0.493 e. The molecule has 0 bridgehead atoms. The molecule has 0 unspecified atom stereocenters. The second-order valence-electron chi connectivity index (χ2n) is 8.68. The Labute approximate surface area is 184 Å². The third-order valence-corrected chi connectivity index (χ3v) is 6.28. The van der Waals surface area contributed by atoms with Gasteiger partial charge in [0, 0.05) is 18.1 Å². The van der Waals surface area contributed by atoms with Crippen LogP contribution in [0.2, 0.25) is 0 Å². The molecule has 10 heteroatoms. The fraction of sp³-hybridized carbons (Fsp3) is 0.636. The van der Waals surface area contributed by atoms with Crippen LogP contribution >= 0.6 is 0 Å². The first kappa shape index (κ1) is 24.3. The van der Waals surface area contributed by atoms with E-state index in [9.17, 15) is 27.2 Å². The number of hydrogen-bond acceptors (Lipinski definition) is 4. The number of hydrogen-bond donors (Lipinski definition) is 3. The van der Waals surface area contributed by atoms with Crippen LogP contribution in [0.25, 0.3) is 0 Å². The van der Waals surface area contributed by atoms with E-state index in [1.165, 1.54) is 17.6 Å². The number of amides is 2. The minimum Gasteiger partial charge on any atom is -0.331 e. The molecule has 2 aliphatic carbocycles. The number of hydroxylamine groups is 1. The monoisotopic (exact) mass is 459 g/mol. The maximum absolute atomic E-state index is 13.1. The number of nitrogens with one attached hydrogen (secondary N) is 3. The predicted molar refractivity (Wildman–Crippen MR) is 109 cm³/mol. The third kappa shape index (κ3) is 7.36. The maximum atomic E-state index is 13.1. The van der Waals surface area contributed by atoms with Gasteiger partial charge in [0.05, 0.1) is 0 Å². The lowest BCUT2D eigenvalue weighted by molar-refractivity contribution is -0.204. The molecule has 6 nitrogen and oxygen atoms in total. The van der Waals surface area contributed by atoms with Crippen molar-refractivity contribution in [1.29, 1.82) is 0 Å². The Morgan fingerprint density at radius 3 is 2.19 bits per heavy atom. The molecule has 0 heterocycles. The van der Waals surface area contributed by atoms with Gasteiger partial charge in [0.2, 0.25) is 0 Å². The molecule has 2 amide bonds. The summed E-state index contributed by atoms with van der Waals surface area (Å²) >= 11 is 0. The highest BCUT2D eigenvalue weighted by atomic mass is 19.4. The molecule has 3 N–H and O–H groups in total. The van der Waals surface area contributed by atoms with E-state index in [-0.39, 0.29) is 17.9 Å². The SMILES string of the molecule is O=C(NOC(=O)C(F)(F)F)N[C@@H]1CCCC[C@H]1NC1CCC(Cc2ccc(F)cc2)CC1. The molecule has 2 aliphatic rings. The molecule has 0 spiro atoms. The van der Waals surface area contributed by atoms with Gasteiger partial charge >= 0.3 is 18.2 Å². The van der Waals surface area contributed by atoms with Crippen molar-refractivity contribution in [2.24, 2.45) is 5.92 Å². The highest BCUT2D eigenvalue weighted by Gasteiger charge is 2.42. The summed E-state index contributed by atoms with van der Waals surface area (Å²) in [6.07, 6.45) is 3.28. The Morgan fingerprint density at radius 2 is 1.56 bits per heavy atom. The Balaban J connectivity index is 1.42. The molecule has 178 valence electrons. The molecule has 3 rings (SSSR count). The Hall–Kier alpha value is -2.36. The molecule has 2 fully saturated rings. The topological polar surface area (TPSA) is 79.5 Å². The van der Waals surface area contributed by atoms with Crippen LogP contribution in [0.5, 0.6) is 0 Å². The van der Waals surface area contributed by atoms with Crippen LogP contribution in [0.15, 0.2) is 24.3 Å². The van der Waals surface area contributed by atoms with E-state index in [0.717, 1.165) is 56.9 Å². The second kappa shape index (κ2) is 11.0. The zero-order chi connectivity index (χ0) is 23.1. The van der Waals surface area contributed by atoms with Crippen LogP contribution < -0.4 is 16.1 Å². The molecule has 0 saturated heterocycles. The molecule has 0 aliphatic heterocycles. The lowest BCUT2D eigenvalue weighted by atomic mass is 9.81. The van der Waals surface area contributed by atoms with Crippen LogP contribution in [-0.2, 0) is 16.1 Å². The number of halogens is 4. The lowest BCUT2D eigenvalue weighted by Crippen LogP contribution is -2.56. The molecule has 0 aromatic heterocycles. The van der Waals surface area contributed by atoms with Gasteiger partial charge < -0.3 is 15.5 Å². The van der Waals surface area contributed by atoms with Crippen molar-refractivity contribution >= 4 is 12.0 Å². The van der Waals surface area contributed by atoms with Crippen LogP contribution in [0.4, 0.5) is 22.4 Å². The summed E-state index contributed by atoms with van der Waals surface area (Å²) in [4.78, 5) is 26.4. The average Bonchev–Trinajstić information content (AvgIpc) is 2.75. The average molecular weight is 459 g/mol. The molecule has 32 heavy (non-hydrogen) atoms. The number of urea groups is 1.